The lowest BCUT2D eigenvalue weighted by Crippen LogP contribution is -2.47. The zero-order chi connectivity index (χ0) is 11.1. The highest BCUT2D eigenvalue weighted by Crippen LogP contribution is 1.90. The van der Waals surface area contributed by atoms with Crippen LogP contribution in [-0.4, -0.2) is 52.9 Å². The third-order valence-electron chi connectivity index (χ3n) is 1.75. The fourth-order valence-corrected chi connectivity index (χ4v) is 0.862. The predicted molar refractivity (Wildman–Crippen MR) is 50.0 cm³/mol. The molecule has 2 amide bonds. The molecule has 0 aliphatic rings. The van der Waals surface area contributed by atoms with Crippen molar-refractivity contribution >= 4 is 12.0 Å². The Kier molecular flexibility index (Phi) is 5.62. The highest BCUT2D eigenvalue weighted by molar-refractivity contribution is 5.82. The van der Waals surface area contributed by atoms with Gasteiger partial charge in [0.2, 0.25) is 0 Å². The summed E-state index contributed by atoms with van der Waals surface area (Å²) >= 11 is 0. The number of hydrogen-bond donors (Lipinski definition) is 3. The number of carboxylic acid groups (broad SMARTS) is 1. The van der Waals surface area contributed by atoms with Crippen LogP contribution in [-0.2, 0) is 4.79 Å². The predicted octanol–water partition coefficient (Wildman–Crippen LogP) is -0.517. The van der Waals surface area contributed by atoms with E-state index in [0.717, 1.165) is 0 Å². The highest BCUT2D eigenvalue weighted by atomic mass is 16.4. The van der Waals surface area contributed by atoms with E-state index in [4.69, 9.17) is 10.2 Å². The van der Waals surface area contributed by atoms with Gasteiger partial charge in [-0.3, -0.25) is 4.79 Å². The van der Waals surface area contributed by atoms with Gasteiger partial charge < -0.3 is 20.4 Å². The summed E-state index contributed by atoms with van der Waals surface area (Å²) in [5.41, 5.74) is 0. The molecule has 0 spiro atoms. The Bertz CT molecular complexity index is 208. The van der Waals surface area contributed by atoms with Crippen LogP contribution in [0.5, 0.6) is 0 Å². The van der Waals surface area contributed by atoms with Crippen LogP contribution in [0.15, 0.2) is 0 Å². The van der Waals surface area contributed by atoms with Gasteiger partial charge in [-0.05, 0) is 13.8 Å². The van der Waals surface area contributed by atoms with Gasteiger partial charge in [-0.15, -0.1) is 0 Å². The van der Waals surface area contributed by atoms with Gasteiger partial charge in [0.25, 0.3) is 0 Å². The van der Waals surface area contributed by atoms with E-state index in [-0.39, 0.29) is 13.2 Å². The standard InChI is InChI=1S/C8H16N2O4/c1-3-10(4-5-11)8(14)9-6(2)7(12)13/h6,11H,3-5H2,1-2H3,(H,9,14)(H,12,13)/t6-/m1/s1. The van der Waals surface area contributed by atoms with Crippen LogP contribution >= 0.6 is 0 Å². The molecular weight excluding hydrogens is 188 g/mol. The van der Waals surface area contributed by atoms with Crippen LogP contribution in [0.2, 0.25) is 0 Å². The van der Waals surface area contributed by atoms with Crippen molar-refractivity contribution in [2.45, 2.75) is 19.9 Å². The molecule has 0 aliphatic carbocycles. The van der Waals surface area contributed by atoms with Gasteiger partial charge in [0.05, 0.1) is 6.61 Å². The van der Waals surface area contributed by atoms with Crippen LogP contribution in [0.25, 0.3) is 0 Å². The Morgan fingerprint density at radius 2 is 2.07 bits per heavy atom. The number of aliphatic hydroxyl groups excluding tert-OH is 1. The van der Waals surface area contributed by atoms with E-state index in [1.807, 2.05) is 0 Å². The second-order valence-electron chi connectivity index (χ2n) is 2.81. The number of nitrogens with zero attached hydrogens (tertiary/aromatic N) is 1. The summed E-state index contributed by atoms with van der Waals surface area (Å²) < 4.78 is 0. The van der Waals surface area contributed by atoms with Crippen LogP contribution in [0.3, 0.4) is 0 Å². The second kappa shape index (κ2) is 6.20. The van der Waals surface area contributed by atoms with Gasteiger partial charge in [-0.25, -0.2) is 4.79 Å². The minimum Gasteiger partial charge on any atom is -0.480 e. The average molecular weight is 204 g/mol. The fourth-order valence-electron chi connectivity index (χ4n) is 0.862. The summed E-state index contributed by atoms with van der Waals surface area (Å²) in [7, 11) is 0. The summed E-state index contributed by atoms with van der Waals surface area (Å²) in [6.07, 6.45) is 0. The maximum Gasteiger partial charge on any atom is 0.325 e. The Labute approximate surface area is 82.5 Å². The first-order valence-corrected chi connectivity index (χ1v) is 4.42. The molecule has 1 atom stereocenters. The lowest BCUT2D eigenvalue weighted by Gasteiger charge is -2.21. The van der Waals surface area contributed by atoms with Crippen LogP contribution in [0.1, 0.15) is 13.8 Å². The highest BCUT2D eigenvalue weighted by Gasteiger charge is 2.17. The van der Waals surface area contributed by atoms with Crippen LogP contribution in [0, 0.1) is 0 Å². The zero-order valence-electron chi connectivity index (χ0n) is 8.36. The van der Waals surface area contributed by atoms with Crippen LogP contribution < -0.4 is 5.32 Å². The number of urea groups is 1. The lowest BCUT2D eigenvalue weighted by molar-refractivity contribution is -0.138. The molecule has 0 fully saturated rings. The number of aliphatic carboxylic acids is 1. The van der Waals surface area contributed by atoms with Crippen LogP contribution in [0.4, 0.5) is 4.79 Å². The van der Waals surface area contributed by atoms with Crippen molar-refractivity contribution in [1.29, 1.82) is 0 Å². The number of carboxylic acids is 1. The number of nitrogens with one attached hydrogen (secondary N) is 1. The summed E-state index contributed by atoms with van der Waals surface area (Å²) in [5.74, 6) is -1.08. The Morgan fingerprint density at radius 3 is 2.43 bits per heavy atom. The number of amides is 2. The molecule has 0 heterocycles. The summed E-state index contributed by atoms with van der Waals surface area (Å²) in [6.45, 7) is 3.63. The molecule has 3 N–H and O–H groups in total. The average Bonchev–Trinajstić information content (AvgIpc) is 2.13. The minimum absolute atomic E-state index is 0.136. The molecule has 0 aromatic heterocycles. The molecule has 82 valence electrons. The monoisotopic (exact) mass is 204 g/mol. The molecular formula is C8H16N2O4. The van der Waals surface area contributed by atoms with Crippen molar-refractivity contribution < 1.29 is 19.8 Å². The molecule has 0 saturated heterocycles. The summed E-state index contributed by atoms with van der Waals surface area (Å²) in [4.78, 5) is 23.1. The maximum absolute atomic E-state index is 11.3. The largest absolute Gasteiger partial charge is 0.480 e. The first-order chi connectivity index (χ1) is 6.52. The number of aliphatic hydroxyl groups is 1. The number of carbonyl (C=O) groups excluding carboxylic acids is 1. The Balaban J connectivity index is 4.09. The number of rotatable bonds is 5. The fraction of sp³-hybridized carbons (Fsp3) is 0.750. The van der Waals surface area contributed by atoms with Crippen molar-refractivity contribution in [3.8, 4) is 0 Å². The molecule has 6 heteroatoms. The summed E-state index contributed by atoms with van der Waals surface area (Å²) in [6, 6.07) is -1.40. The van der Waals surface area contributed by atoms with Gasteiger partial charge >= 0.3 is 12.0 Å². The van der Waals surface area contributed by atoms with Gasteiger partial charge in [0.15, 0.2) is 0 Å². The van der Waals surface area contributed by atoms with Gasteiger partial charge in [0, 0.05) is 13.1 Å². The SMILES string of the molecule is CCN(CCO)C(=O)N[C@H](C)C(=O)O. The Hall–Kier alpha value is -1.30. The van der Waals surface area contributed by atoms with E-state index in [1.54, 1.807) is 6.92 Å². The molecule has 0 radical (unpaired) electrons. The van der Waals surface area contributed by atoms with E-state index in [9.17, 15) is 9.59 Å². The van der Waals surface area contributed by atoms with Gasteiger partial charge in [-0.1, -0.05) is 0 Å². The Morgan fingerprint density at radius 1 is 1.50 bits per heavy atom. The van der Waals surface area contributed by atoms with Gasteiger partial charge in [0.1, 0.15) is 6.04 Å². The third kappa shape index (κ3) is 4.08. The second-order valence-corrected chi connectivity index (χ2v) is 2.81. The quantitative estimate of drug-likeness (QED) is 0.562. The molecule has 0 aromatic rings. The van der Waals surface area contributed by atoms with Gasteiger partial charge in [-0.2, -0.15) is 0 Å². The lowest BCUT2D eigenvalue weighted by atomic mass is 10.3. The zero-order valence-corrected chi connectivity index (χ0v) is 8.36. The molecule has 0 saturated carbocycles. The van der Waals surface area contributed by atoms with Crippen molar-refractivity contribution in [2.75, 3.05) is 19.7 Å². The maximum atomic E-state index is 11.3. The van der Waals surface area contributed by atoms with E-state index < -0.39 is 18.0 Å². The molecule has 0 aromatic carbocycles. The summed E-state index contributed by atoms with van der Waals surface area (Å²) in [5, 5.41) is 19.4. The number of hydrogen-bond acceptors (Lipinski definition) is 3. The number of carbonyl (C=O) groups is 2. The molecule has 0 unspecified atom stereocenters. The van der Waals surface area contributed by atoms with Crippen molar-refractivity contribution in [3.63, 3.8) is 0 Å². The first kappa shape index (κ1) is 12.7. The molecule has 14 heavy (non-hydrogen) atoms. The normalized spacial score (nSPS) is 11.9. The first-order valence-electron chi connectivity index (χ1n) is 4.42. The molecule has 6 nitrogen and oxygen atoms in total. The molecule has 0 aliphatic heterocycles. The van der Waals surface area contributed by atoms with E-state index in [2.05, 4.69) is 5.32 Å². The van der Waals surface area contributed by atoms with Crippen molar-refractivity contribution in [3.05, 3.63) is 0 Å². The topological polar surface area (TPSA) is 89.9 Å². The van der Waals surface area contributed by atoms with E-state index in [0.29, 0.717) is 6.54 Å². The molecule has 0 rings (SSSR count). The van der Waals surface area contributed by atoms with E-state index in [1.165, 1.54) is 11.8 Å². The third-order valence-corrected chi connectivity index (χ3v) is 1.75. The number of likely N-dealkylation sites (N-methyl/N-ethyl adjacent to an activating group) is 1. The minimum atomic E-state index is -1.08. The molecule has 0 bridgehead atoms. The van der Waals surface area contributed by atoms with Crippen molar-refractivity contribution in [1.82, 2.24) is 10.2 Å². The van der Waals surface area contributed by atoms with Crippen molar-refractivity contribution in [2.24, 2.45) is 0 Å². The van der Waals surface area contributed by atoms with E-state index >= 15 is 0 Å². The smallest absolute Gasteiger partial charge is 0.325 e.